The maximum absolute atomic E-state index is 12.1. The zero-order chi connectivity index (χ0) is 16.4. The van der Waals surface area contributed by atoms with Crippen LogP contribution >= 0.6 is 0 Å². The molecule has 5 nitrogen and oxygen atoms in total. The van der Waals surface area contributed by atoms with E-state index in [0.29, 0.717) is 23.9 Å². The summed E-state index contributed by atoms with van der Waals surface area (Å²) in [4.78, 5) is 12.1. The Morgan fingerprint density at radius 1 is 1.17 bits per heavy atom. The Balaban J connectivity index is 1.49. The van der Waals surface area contributed by atoms with Crippen LogP contribution in [-0.2, 0) is 11.2 Å². The van der Waals surface area contributed by atoms with Crippen LogP contribution in [-0.4, -0.2) is 22.5 Å². The van der Waals surface area contributed by atoms with Gasteiger partial charge in [-0.2, -0.15) is 4.68 Å². The molecule has 2 heterocycles. The smallest absolute Gasteiger partial charge is 0.392 e. The van der Waals surface area contributed by atoms with Gasteiger partial charge in [0.1, 0.15) is 0 Å². The minimum atomic E-state index is -0.461. The van der Waals surface area contributed by atoms with Crippen molar-refractivity contribution in [3.05, 3.63) is 46.3 Å². The van der Waals surface area contributed by atoms with E-state index in [0.717, 1.165) is 31.4 Å². The molecule has 2 aromatic rings. The molecule has 2 fully saturated rings. The monoisotopic (exact) mass is 324 g/mol. The number of hydrogen-bond acceptors (Lipinski definition) is 4. The van der Waals surface area contributed by atoms with E-state index in [1.165, 1.54) is 17.5 Å². The van der Waals surface area contributed by atoms with Gasteiger partial charge in [0.25, 0.3) is 0 Å². The number of rotatable bonds is 3. The number of benzene rings is 1. The molecule has 1 unspecified atom stereocenters. The Bertz CT molecular complexity index is 813. The predicted octanol–water partition coefficient (Wildman–Crippen LogP) is 2.70. The molecule has 124 valence electrons. The molecule has 0 bridgehead atoms. The number of ether oxygens (including phenoxy) is 1. The summed E-state index contributed by atoms with van der Waals surface area (Å²) in [6.45, 7) is 0.777. The van der Waals surface area contributed by atoms with Crippen molar-refractivity contribution in [2.75, 3.05) is 6.61 Å². The molecule has 1 aromatic carbocycles. The third kappa shape index (κ3) is 3.60. The summed E-state index contributed by atoms with van der Waals surface area (Å²) in [5.74, 6) is 6.94. The van der Waals surface area contributed by atoms with E-state index in [1.807, 2.05) is 24.3 Å². The van der Waals surface area contributed by atoms with Gasteiger partial charge >= 0.3 is 5.76 Å². The fourth-order valence-corrected chi connectivity index (χ4v) is 2.82. The molecule has 24 heavy (non-hydrogen) atoms. The summed E-state index contributed by atoms with van der Waals surface area (Å²) in [5, 5.41) is 4.31. The average molecular weight is 324 g/mol. The maximum Gasteiger partial charge on any atom is 0.441 e. The van der Waals surface area contributed by atoms with Crippen LogP contribution < -0.4 is 5.76 Å². The molecule has 1 saturated heterocycles. The van der Waals surface area contributed by atoms with Crippen molar-refractivity contribution in [3.63, 3.8) is 0 Å². The molecule has 1 aromatic heterocycles. The third-order valence-electron chi connectivity index (χ3n) is 4.38. The summed E-state index contributed by atoms with van der Waals surface area (Å²) in [6.07, 6.45) is 6.33. The first kappa shape index (κ1) is 15.2. The van der Waals surface area contributed by atoms with Crippen LogP contribution in [0.1, 0.15) is 43.6 Å². The fraction of sp³-hybridized carbons (Fsp3) is 0.474. The fourth-order valence-electron chi connectivity index (χ4n) is 2.82. The minimum Gasteiger partial charge on any atom is -0.392 e. The summed E-state index contributed by atoms with van der Waals surface area (Å²) >= 11 is 0. The van der Waals surface area contributed by atoms with Crippen LogP contribution in [0.4, 0.5) is 0 Å². The Labute approximate surface area is 140 Å². The van der Waals surface area contributed by atoms with Gasteiger partial charge in [-0.1, -0.05) is 11.8 Å². The first-order valence-corrected chi connectivity index (χ1v) is 8.60. The molecule has 2 aliphatic rings. The highest BCUT2D eigenvalue weighted by Crippen LogP contribution is 2.27. The second kappa shape index (κ2) is 6.66. The summed E-state index contributed by atoms with van der Waals surface area (Å²) in [6, 6.07) is 7.52. The lowest BCUT2D eigenvalue weighted by molar-refractivity contribution is 0.0130. The molecule has 4 rings (SSSR count). The van der Waals surface area contributed by atoms with E-state index < -0.39 is 5.76 Å². The molecule has 1 atom stereocenters. The van der Waals surface area contributed by atoms with Crippen LogP contribution in [0, 0.1) is 17.8 Å². The Morgan fingerprint density at radius 3 is 2.71 bits per heavy atom. The van der Waals surface area contributed by atoms with E-state index >= 15 is 0 Å². The summed E-state index contributed by atoms with van der Waals surface area (Å²) in [5.41, 5.74) is 1.65. The van der Waals surface area contributed by atoms with Crippen molar-refractivity contribution in [2.45, 2.75) is 44.6 Å². The Kier molecular flexibility index (Phi) is 4.22. The molecule has 1 saturated carbocycles. The SMILES string of the molecule is O=c1oc(CC2CCCCO2)nn1-c1ccc(C#CC2CC2)cc1. The van der Waals surface area contributed by atoms with Gasteiger partial charge in [0.15, 0.2) is 0 Å². The topological polar surface area (TPSA) is 57.3 Å². The van der Waals surface area contributed by atoms with Gasteiger partial charge in [0, 0.05) is 18.1 Å². The van der Waals surface area contributed by atoms with Gasteiger partial charge in [-0.05, 0) is 56.4 Å². The van der Waals surface area contributed by atoms with Gasteiger partial charge in [-0.15, -0.1) is 5.10 Å². The lowest BCUT2D eigenvalue weighted by Crippen LogP contribution is -2.21. The maximum atomic E-state index is 12.1. The molecular formula is C19H20N2O3. The molecule has 1 aliphatic heterocycles. The number of nitrogens with zero attached hydrogens (tertiary/aromatic N) is 2. The average Bonchev–Trinajstić information content (AvgIpc) is 3.37. The molecular weight excluding hydrogens is 304 g/mol. The minimum absolute atomic E-state index is 0.102. The quantitative estimate of drug-likeness (QED) is 0.815. The van der Waals surface area contributed by atoms with Crippen LogP contribution in [0.5, 0.6) is 0 Å². The van der Waals surface area contributed by atoms with Crippen molar-refractivity contribution in [1.82, 2.24) is 9.78 Å². The molecule has 1 aliphatic carbocycles. The lowest BCUT2D eigenvalue weighted by atomic mass is 10.1. The first-order valence-electron chi connectivity index (χ1n) is 8.60. The zero-order valence-corrected chi connectivity index (χ0v) is 13.5. The molecule has 0 N–H and O–H groups in total. The first-order chi connectivity index (χ1) is 11.8. The van der Waals surface area contributed by atoms with Crippen LogP contribution in [0.25, 0.3) is 5.69 Å². The van der Waals surface area contributed by atoms with Gasteiger partial charge in [-0.3, -0.25) is 0 Å². The molecule has 5 heteroatoms. The van der Waals surface area contributed by atoms with Gasteiger partial charge in [-0.25, -0.2) is 4.79 Å². The largest absolute Gasteiger partial charge is 0.441 e. The molecule has 0 amide bonds. The van der Waals surface area contributed by atoms with Crippen LogP contribution in [0.15, 0.2) is 33.5 Å². The van der Waals surface area contributed by atoms with E-state index in [4.69, 9.17) is 9.15 Å². The van der Waals surface area contributed by atoms with Crippen molar-refractivity contribution >= 4 is 0 Å². The highest BCUT2D eigenvalue weighted by molar-refractivity contribution is 5.41. The summed E-state index contributed by atoms with van der Waals surface area (Å²) in [7, 11) is 0. The van der Waals surface area contributed by atoms with Crippen molar-refractivity contribution < 1.29 is 9.15 Å². The number of hydrogen-bond donors (Lipinski definition) is 0. The second-order valence-corrected chi connectivity index (χ2v) is 6.46. The van der Waals surface area contributed by atoms with Gasteiger partial charge in [0.05, 0.1) is 18.2 Å². The Hall–Kier alpha value is -2.32. The second-order valence-electron chi connectivity index (χ2n) is 6.46. The van der Waals surface area contributed by atoms with Gasteiger partial charge < -0.3 is 9.15 Å². The number of aromatic nitrogens is 2. The normalized spacial score (nSPS) is 20.4. The zero-order valence-electron chi connectivity index (χ0n) is 13.5. The predicted molar refractivity (Wildman–Crippen MR) is 89.0 cm³/mol. The van der Waals surface area contributed by atoms with Crippen molar-refractivity contribution in [1.29, 1.82) is 0 Å². The van der Waals surface area contributed by atoms with E-state index in [-0.39, 0.29) is 6.10 Å². The highest BCUT2D eigenvalue weighted by Gasteiger charge is 2.19. The summed E-state index contributed by atoms with van der Waals surface area (Å²) < 4.78 is 12.3. The van der Waals surface area contributed by atoms with Crippen LogP contribution in [0.3, 0.4) is 0 Å². The van der Waals surface area contributed by atoms with E-state index in [1.54, 1.807) is 0 Å². The molecule has 0 radical (unpaired) electrons. The molecule has 0 spiro atoms. The van der Waals surface area contributed by atoms with Crippen molar-refractivity contribution in [2.24, 2.45) is 5.92 Å². The highest BCUT2D eigenvalue weighted by atomic mass is 16.5. The Morgan fingerprint density at radius 2 is 2.00 bits per heavy atom. The van der Waals surface area contributed by atoms with Crippen LogP contribution in [0.2, 0.25) is 0 Å². The van der Waals surface area contributed by atoms with Gasteiger partial charge in [0.2, 0.25) is 5.89 Å². The van der Waals surface area contributed by atoms with Crippen molar-refractivity contribution in [3.8, 4) is 17.5 Å². The lowest BCUT2D eigenvalue weighted by Gasteiger charge is -2.20. The third-order valence-corrected chi connectivity index (χ3v) is 4.38. The van der Waals surface area contributed by atoms with E-state index in [9.17, 15) is 4.79 Å². The van der Waals surface area contributed by atoms with E-state index in [2.05, 4.69) is 16.9 Å². The standard InChI is InChI=1S/C19H20N2O3/c22-19-21(20-18(24-19)13-17-3-1-2-12-23-17)16-10-8-15(9-11-16)7-6-14-4-5-14/h8-11,14,17H,1-5,12-13H2.